The zero-order valence-electron chi connectivity index (χ0n) is 18.8. The first-order valence-corrected chi connectivity index (χ1v) is 10.4. The molecule has 0 spiro atoms. The molecule has 3 rings (SSSR count). The Balaban J connectivity index is 2.05. The number of aliphatic imine (C=N–C) groups is 1. The minimum absolute atomic E-state index is 0.0915. The summed E-state index contributed by atoms with van der Waals surface area (Å²) in [7, 11) is 3.78. The fourth-order valence-electron chi connectivity index (χ4n) is 3.56. The minimum Gasteiger partial charge on any atom is -0.421 e. The van der Waals surface area contributed by atoms with Gasteiger partial charge in [0.15, 0.2) is 0 Å². The number of amides is 1. The van der Waals surface area contributed by atoms with Crippen molar-refractivity contribution in [1.82, 2.24) is 20.4 Å². The quantitative estimate of drug-likeness (QED) is 0.689. The minimum atomic E-state index is -0.0915. The summed E-state index contributed by atoms with van der Waals surface area (Å²) in [5, 5.41) is 10.9. The number of nitrogens with zero attached hydrogens (tertiary/aromatic N) is 5. The number of anilines is 1. The maximum Gasteiger partial charge on any atom is 0.261 e. The Bertz CT molecular complexity index is 1020. The van der Waals surface area contributed by atoms with Gasteiger partial charge in [0, 0.05) is 57.3 Å². The molecule has 31 heavy (non-hydrogen) atoms. The molecule has 1 atom stereocenters. The summed E-state index contributed by atoms with van der Waals surface area (Å²) in [6.45, 7) is 11.1. The Labute approximate surface area is 183 Å². The summed E-state index contributed by atoms with van der Waals surface area (Å²) in [6.07, 6.45) is 2.55. The molecule has 1 aromatic heterocycles. The van der Waals surface area contributed by atoms with Crippen LogP contribution >= 0.6 is 0 Å². The van der Waals surface area contributed by atoms with E-state index in [-0.39, 0.29) is 11.8 Å². The van der Waals surface area contributed by atoms with Gasteiger partial charge < -0.3 is 19.5 Å². The summed E-state index contributed by atoms with van der Waals surface area (Å²) in [5.74, 6) is 1.55. The van der Waals surface area contributed by atoms with Crippen molar-refractivity contribution >= 4 is 17.8 Å². The highest BCUT2D eigenvalue weighted by molar-refractivity contribution is 6.19. The molecule has 1 amide bonds. The van der Waals surface area contributed by atoms with Crippen molar-refractivity contribution in [3.8, 4) is 11.5 Å². The Hall–Kier alpha value is -3.42. The van der Waals surface area contributed by atoms with Gasteiger partial charge in [-0.05, 0) is 30.5 Å². The zero-order chi connectivity index (χ0) is 22.5. The van der Waals surface area contributed by atoms with Crippen LogP contribution in [0.15, 0.2) is 57.3 Å². The second-order valence-corrected chi connectivity index (χ2v) is 7.62. The number of rotatable bonds is 7. The fraction of sp³-hybridized carbons (Fsp3) is 0.391. The van der Waals surface area contributed by atoms with E-state index in [1.54, 1.807) is 25.1 Å². The summed E-state index contributed by atoms with van der Waals surface area (Å²) in [6, 6.07) is 7.60. The van der Waals surface area contributed by atoms with E-state index in [0.29, 0.717) is 36.3 Å². The SMILES string of the molecule is C=C(/N=C\C1=C(C(C)CC)N(C)CCN(c2cccc(-c3nnc(C)o3)c2)C1=O)NC. The summed E-state index contributed by atoms with van der Waals surface area (Å²) < 4.78 is 5.56. The molecule has 8 heteroatoms. The highest BCUT2D eigenvalue weighted by atomic mass is 16.4. The molecule has 0 aliphatic carbocycles. The van der Waals surface area contributed by atoms with Gasteiger partial charge in [-0.2, -0.15) is 0 Å². The molecule has 0 bridgehead atoms. The van der Waals surface area contributed by atoms with Crippen LogP contribution in [0, 0.1) is 12.8 Å². The molecule has 1 unspecified atom stereocenters. The van der Waals surface area contributed by atoms with Crippen LogP contribution in [0.3, 0.4) is 0 Å². The van der Waals surface area contributed by atoms with Gasteiger partial charge in [-0.1, -0.05) is 26.5 Å². The van der Waals surface area contributed by atoms with Crippen molar-refractivity contribution in [2.45, 2.75) is 27.2 Å². The number of carbonyl (C=O) groups excluding carboxylic acids is 1. The van der Waals surface area contributed by atoms with E-state index in [1.807, 2.05) is 31.3 Å². The number of nitrogens with one attached hydrogen (secondary N) is 1. The number of aromatic nitrogens is 2. The van der Waals surface area contributed by atoms with Crippen molar-refractivity contribution in [3.63, 3.8) is 0 Å². The van der Waals surface area contributed by atoms with Crippen LogP contribution in [0.5, 0.6) is 0 Å². The standard InChI is InChI=1S/C23H30N6O2/c1-7-15(2)21-20(14-25-16(3)24-5)23(30)29(12-11-28(21)6)19-10-8-9-18(13-19)22-27-26-17(4)31-22/h8-10,13-15,24H,3,7,11-12H2,1-2,4-6H3/b25-14-. The lowest BCUT2D eigenvalue weighted by molar-refractivity contribution is -0.114. The van der Waals surface area contributed by atoms with Gasteiger partial charge in [0.2, 0.25) is 11.8 Å². The Morgan fingerprint density at radius 2 is 2.16 bits per heavy atom. The number of hydrogen-bond donors (Lipinski definition) is 1. The highest BCUT2D eigenvalue weighted by Crippen LogP contribution is 2.29. The van der Waals surface area contributed by atoms with E-state index in [1.165, 1.54) is 0 Å². The largest absolute Gasteiger partial charge is 0.421 e. The molecule has 0 radical (unpaired) electrons. The van der Waals surface area contributed by atoms with Crippen molar-refractivity contribution in [2.24, 2.45) is 10.9 Å². The molecule has 0 saturated heterocycles. The molecular formula is C23H30N6O2. The molecule has 1 aromatic carbocycles. The zero-order valence-corrected chi connectivity index (χ0v) is 18.8. The molecule has 164 valence electrons. The van der Waals surface area contributed by atoms with E-state index in [2.05, 4.69) is 45.8 Å². The van der Waals surface area contributed by atoms with E-state index in [9.17, 15) is 4.79 Å². The van der Waals surface area contributed by atoms with Gasteiger partial charge in [-0.3, -0.25) is 4.79 Å². The average molecular weight is 423 g/mol. The molecule has 8 nitrogen and oxygen atoms in total. The number of aryl methyl sites for hydroxylation is 1. The van der Waals surface area contributed by atoms with E-state index in [4.69, 9.17) is 4.42 Å². The molecule has 0 saturated carbocycles. The Morgan fingerprint density at radius 1 is 1.39 bits per heavy atom. The topological polar surface area (TPSA) is 86.9 Å². The monoisotopic (exact) mass is 422 g/mol. The molecule has 1 aliphatic rings. The average Bonchev–Trinajstić information content (AvgIpc) is 3.17. The summed E-state index contributed by atoms with van der Waals surface area (Å²) in [4.78, 5) is 22.0. The first kappa shape index (κ1) is 22.3. The predicted octanol–water partition coefficient (Wildman–Crippen LogP) is 3.39. The maximum absolute atomic E-state index is 13.7. The second-order valence-electron chi connectivity index (χ2n) is 7.62. The van der Waals surface area contributed by atoms with Gasteiger partial charge >= 0.3 is 0 Å². The number of likely N-dealkylation sites (N-methyl/N-ethyl adjacent to an activating group) is 1. The van der Waals surface area contributed by atoms with E-state index < -0.39 is 0 Å². The normalized spacial score (nSPS) is 16.1. The number of carbonyl (C=O) groups is 1. The lowest BCUT2D eigenvalue weighted by Gasteiger charge is -2.26. The number of benzene rings is 1. The van der Waals surface area contributed by atoms with Crippen molar-refractivity contribution in [1.29, 1.82) is 0 Å². The van der Waals surface area contributed by atoms with Crippen LogP contribution in [0.2, 0.25) is 0 Å². The molecule has 0 fully saturated rings. The van der Waals surface area contributed by atoms with Crippen molar-refractivity contribution in [2.75, 3.05) is 32.1 Å². The third kappa shape index (κ3) is 4.84. The van der Waals surface area contributed by atoms with Gasteiger partial charge in [0.05, 0.1) is 5.57 Å². The van der Waals surface area contributed by atoms with Crippen molar-refractivity contribution in [3.05, 3.63) is 53.8 Å². The highest BCUT2D eigenvalue weighted by Gasteiger charge is 2.30. The molecule has 2 heterocycles. The number of hydrogen-bond acceptors (Lipinski definition) is 7. The van der Waals surface area contributed by atoms with Crippen LogP contribution in [0.25, 0.3) is 11.5 Å². The third-order valence-corrected chi connectivity index (χ3v) is 5.47. The van der Waals surface area contributed by atoms with Crippen LogP contribution < -0.4 is 10.2 Å². The smallest absolute Gasteiger partial charge is 0.261 e. The predicted molar refractivity (Wildman–Crippen MR) is 123 cm³/mol. The van der Waals surface area contributed by atoms with Crippen LogP contribution in [0.4, 0.5) is 5.69 Å². The van der Waals surface area contributed by atoms with Gasteiger partial charge in [-0.15, -0.1) is 10.2 Å². The van der Waals surface area contributed by atoms with Crippen molar-refractivity contribution < 1.29 is 9.21 Å². The molecule has 2 aromatic rings. The van der Waals surface area contributed by atoms with E-state index in [0.717, 1.165) is 23.4 Å². The molecule has 1 aliphatic heterocycles. The van der Waals surface area contributed by atoms with Crippen LogP contribution in [-0.4, -0.2) is 54.4 Å². The second kappa shape index (κ2) is 9.59. The van der Waals surface area contributed by atoms with Gasteiger partial charge in [0.25, 0.3) is 5.91 Å². The summed E-state index contributed by atoms with van der Waals surface area (Å²) >= 11 is 0. The lowest BCUT2D eigenvalue weighted by Crippen LogP contribution is -2.34. The lowest BCUT2D eigenvalue weighted by atomic mass is 9.98. The van der Waals surface area contributed by atoms with E-state index >= 15 is 0 Å². The molecular weight excluding hydrogens is 392 g/mol. The van der Waals surface area contributed by atoms with Gasteiger partial charge in [-0.25, -0.2) is 4.99 Å². The van der Waals surface area contributed by atoms with Gasteiger partial charge in [0.1, 0.15) is 5.82 Å². The first-order valence-electron chi connectivity index (χ1n) is 10.4. The Kier molecular flexibility index (Phi) is 6.89. The number of allylic oxidation sites excluding steroid dienone is 1. The first-order chi connectivity index (χ1) is 14.8. The maximum atomic E-state index is 13.7. The third-order valence-electron chi connectivity index (χ3n) is 5.47. The molecule has 1 N–H and O–H groups in total. The van der Waals surface area contributed by atoms with Crippen LogP contribution in [0.1, 0.15) is 26.2 Å². The fourth-order valence-corrected chi connectivity index (χ4v) is 3.56. The van der Waals surface area contributed by atoms with Crippen LogP contribution in [-0.2, 0) is 4.79 Å². The summed E-state index contributed by atoms with van der Waals surface area (Å²) in [5.41, 5.74) is 3.11. The Morgan fingerprint density at radius 3 is 2.81 bits per heavy atom.